The summed E-state index contributed by atoms with van der Waals surface area (Å²) in [6.07, 6.45) is 0. The maximum absolute atomic E-state index is 13.5. The third-order valence-electron chi connectivity index (χ3n) is 5.55. The predicted octanol–water partition coefficient (Wildman–Crippen LogP) is 7.29. The van der Waals surface area contributed by atoms with Gasteiger partial charge in [0.1, 0.15) is 0 Å². The van der Waals surface area contributed by atoms with Gasteiger partial charge >= 0.3 is 0 Å². The van der Waals surface area contributed by atoms with Crippen molar-refractivity contribution < 1.29 is 4.79 Å². The number of benzene rings is 4. The summed E-state index contributed by atoms with van der Waals surface area (Å²) in [7, 11) is 0. The van der Waals surface area contributed by atoms with Crippen molar-refractivity contribution in [1.29, 1.82) is 0 Å². The Bertz CT molecular complexity index is 1140. The molecule has 5 rings (SSSR count). The van der Waals surface area contributed by atoms with Gasteiger partial charge in [-0.1, -0.05) is 84.9 Å². The van der Waals surface area contributed by atoms with Crippen LogP contribution in [0.2, 0.25) is 0 Å². The number of carbonyl (C=O) groups is 1. The molecule has 0 spiro atoms. The molecule has 32 heavy (non-hydrogen) atoms. The molecule has 1 amide bonds. The molecule has 0 aromatic heterocycles. The summed E-state index contributed by atoms with van der Waals surface area (Å²) in [5.74, 6) is 0.113. The lowest BCUT2D eigenvalue weighted by atomic mass is 10.1. The number of amides is 1. The Balaban J connectivity index is 1.56. The lowest BCUT2D eigenvalue weighted by Gasteiger charge is -2.32. The Morgan fingerprint density at radius 2 is 1.16 bits per heavy atom. The van der Waals surface area contributed by atoms with Crippen molar-refractivity contribution in [2.45, 2.75) is 27.0 Å². The highest BCUT2D eigenvalue weighted by atomic mass is 32.2. The normalized spacial score (nSPS) is 15.2. The van der Waals surface area contributed by atoms with Gasteiger partial charge in [-0.25, -0.2) is 0 Å². The van der Waals surface area contributed by atoms with Crippen LogP contribution in [-0.2, 0) is 6.54 Å². The molecule has 4 aromatic carbocycles. The van der Waals surface area contributed by atoms with Gasteiger partial charge in [0, 0.05) is 21.9 Å². The summed E-state index contributed by atoms with van der Waals surface area (Å²) in [5.41, 5.74) is 3.08. The van der Waals surface area contributed by atoms with Gasteiger partial charge in [0.15, 0.2) is 0 Å². The van der Waals surface area contributed by atoms with Crippen LogP contribution in [0.5, 0.6) is 0 Å². The first kappa shape index (κ1) is 20.9. The number of nitrogens with zero attached hydrogens (tertiary/aromatic N) is 1. The van der Waals surface area contributed by atoms with Gasteiger partial charge in [-0.2, -0.15) is 0 Å². The van der Waals surface area contributed by atoms with Gasteiger partial charge in [0.25, 0.3) is 5.91 Å². The topological polar surface area (TPSA) is 20.3 Å². The largest absolute Gasteiger partial charge is 0.325 e. The maximum atomic E-state index is 13.5. The standard InChI is InChI=1S/C28H23NOS2/c30-27-25-19-11-10-18-24(25)26(29(27)20-21-12-4-1-5-13-21)28(31-22-14-6-2-7-15-22)32-23-16-8-3-9-17-23/h1-19,26,28H,20H2. The first-order valence-corrected chi connectivity index (χ1v) is 12.4. The van der Waals surface area contributed by atoms with Crippen LogP contribution >= 0.6 is 23.5 Å². The van der Waals surface area contributed by atoms with Gasteiger partial charge in [-0.3, -0.25) is 4.79 Å². The Labute approximate surface area is 197 Å². The monoisotopic (exact) mass is 453 g/mol. The van der Waals surface area contributed by atoms with Crippen LogP contribution in [0.1, 0.15) is 27.5 Å². The molecule has 0 bridgehead atoms. The molecule has 1 aliphatic rings. The molecule has 0 saturated heterocycles. The quantitative estimate of drug-likeness (QED) is 0.216. The fraction of sp³-hybridized carbons (Fsp3) is 0.107. The van der Waals surface area contributed by atoms with E-state index in [0.29, 0.717) is 6.54 Å². The minimum atomic E-state index is -0.0330. The van der Waals surface area contributed by atoms with Crippen LogP contribution < -0.4 is 0 Å². The highest BCUT2D eigenvalue weighted by molar-refractivity contribution is 8.17. The number of hydrogen-bond donors (Lipinski definition) is 0. The third kappa shape index (κ3) is 4.47. The van der Waals surface area contributed by atoms with Crippen LogP contribution in [0.25, 0.3) is 0 Å². The van der Waals surface area contributed by atoms with Crippen LogP contribution in [-0.4, -0.2) is 15.4 Å². The van der Waals surface area contributed by atoms with Crippen molar-refractivity contribution in [1.82, 2.24) is 4.90 Å². The summed E-state index contributed by atoms with van der Waals surface area (Å²) >= 11 is 3.66. The van der Waals surface area contributed by atoms with Crippen molar-refractivity contribution in [3.8, 4) is 0 Å². The third-order valence-corrected chi connectivity index (χ3v) is 8.20. The molecule has 0 fully saturated rings. The number of thioether (sulfide) groups is 2. The van der Waals surface area contributed by atoms with Gasteiger partial charge < -0.3 is 4.90 Å². The van der Waals surface area contributed by atoms with E-state index in [0.717, 1.165) is 16.7 Å². The van der Waals surface area contributed by atoms with E-state index >= 15 is 0 Å². The minimum Gasteiger partial charge on any atom is -0.325 e. The van der Waals surface area contributed by atoms with E-state index in [4.69, 9.17) is 0 Å². The van der Waals surface area contributed by atoms with E-state index in [2.05, 4.69) is 71.6 Å². The zero-order valence-corrected chi connectivity index (χ0v) is 19.1. The molecule has 0 N–H and O–H groups in total. The van der Waals surface area contributed by atoms with E-state index in [1.807, 2.05) is 72.1 Å². The molecule has 158 valence electrons. The first-order valence-electron chi connectivity index (χ1n) is 10.7. The number of hydrogen-bond acceptors (Lipinski definition) is 3. The second-order valence-corrected chi connectivity index (χ2v) is 10.4. The van der Waals surface area contributed by atoms with E-state index in [9.17, 15) is 4.79 Å². The van der Waals surface area contributed by atoms with Crippen LogP contribution in [0.3, 0.4) is 0 Å². The number of fused-ring (bicyclic) bond motifs is 1. The van der Waals surface area contributed by atoms with E-state index in [1.165, 1.54) is 9.79 Å². The van der Waals surface area contributed by atoms with Crippen molar-refractivity contribution in [2.75, 3.05) is 0 Å². The van der Waals surface area contributed by atoms with Gasteiger partial charge in [-0.15, -0.1) is 23.5 Å². The second-order valence-electron chi connectivity index (χ2n) is 7.68. The molecule has 1 aliphatic heterocycles. The number of carbonyl (C=O) groups excluding carboxylic acids is 1. The fourth-order valence-electron chi connectivity index (χ4n) is 4.06. The zero-order valence-electron chi connectivity index (χ0n) is 17.5. The average molecular weight is 454 g/mol. The van der Waals surface area contributed by atoms with Crippen molar-refractivity contribution in [2.24, 2.45) is 0 Å². The summed E-state index contributed by atoms with van der Waals surface area (Å²) < 4.78 is 0.108. The van der Waals surface area contributed by atoms with Gasteiger partial charge in [0.2, 0.25) is 0 Å². The zero-order chi connectivity index (χ0) is 21.8. The molecule has 0 saturated carbocycles. The van der Waals surface area contributed by atoms with E-state index < -0.39 is 0 Å². The molecule has 1 atom stereocenters. The van der Waals surface area contributed by atoms with Gasteiger partial charge in [0.05, 0.1) is 10.6 Å². The summed E-state index contributed by atoms with van der Waals surface area (Å²) in [5, 5.41) is 0. The lowest BCUT2D eigenvalue weighted by molar-refractivity contribution is 0.0721. The predicted molar refractivity (Wildman–Crippen MR) is 134 cm³/mol. The molecule has 4 aromatic rings. The molecular weight excluding hydrogens is 430 g/mol. The Morgan fingerprint density at radius 1 is 0.656 bits per heavy atom. The van der Waals surface area contributed by atoms with E-state index in [-0.39, 0.29) is 16.5 Å². The Hall–Kier alpha value is -2.95. The molecular formula is C28H23NOS2. The maximum Gasteiger partial charge on any atom is 0.255 e. The first-order chi connectivity index (χ1) is 15.8. The van der Waals surface area contributed by atoms with Crippen LogP contribution in [0.4, 0.5) is 0 Å². The molecule has 1 heterocycles. The van der Waals surface area contributed by atoms with Crippen molar-refractivity contribution >= 4 is 29.4 Å². The smallest absolute Gasteiger partial charge is 0.255 e. The summed E-state index contributed by atoms with van der Waals surface area (Å²) in [4.78, 5) is 18.0. The Kier molecular flexibility index (Phi) is 6.33. The van der Waals surface area contributed by atoms with Crippen molar-refractivity contribution in [3.05, 3.63) is 132 Å². The molecule has 0 aliphatic carbocycles. The SMILES string of the molecule is O=C1c2ccccc2C(C(Sc2ccccc2)Sc2ccccc2)N1Cc1ccccc1. The van der Waals surface area contributed by atoms with Crippen LogP contribution in [0.15, 0.2) is 125 Å². The van der Waals surface area contributed by atoms with E-state index in [1.54, 1.807) is 0 Å². The number of rotatable bonds is 7. The summed E-state index contributed by atoms with van der Waals surface area (Å²) in [6, 6.07) is 39.3. The fourth-order valence-corrected chi connectivity index (χ4v) is 6.93. The molecule has 4 heteroatoms. The molecule has 0 radical (unpaired) electrons. The second kappa shape index (κ2) is 9.68. The lowest BCUT2D eigenvalue weighted by Crippen LogP contribution is -2.32. The Morgan fingerprint density at radius 3 is 1.75 bits per heavy atom. The van der Waals surface area contributed by atoms with Crippen molar-refractivity contribution in [3.63, 3.8) is 0 Å². The van der Waals surface area contributed by atoms with Gasteiger partial charge in [-0.05, 0) is 41.5 Å². The molecule has 2 nitrogen and oxygen atoms in total. The van der Waals surface area contributed by atoms with Crippen LogP contribution in [0, 0.1) is 0 Å². The summed E-state index contributed by atoms with van der Waals surface area (Å²) in [6.45, 7) is 0.597. The minimum absolute atomic E-state index is 0.0330. The highest BCUT2D eigenvalue weighted by Crippen LogP contribution is 2.49. The molecule has 1 unspecified atom stereocenters. The average Bonchev–Trinajstić information content (AvgIpc) is 3.12. The highest BCUT2D eigenvalue weighted by Gasteiger charge is 2.41.